The first-order chi connectivity index (χ1) is 25.3. The summed E-state index contributed by atoms with van der Waals surface area (Å²) in [6, 6.07) is 67.7. The summed E-state index contributed by atoms with van der Waals surface area (Å²) in [5, 5.41) is 5.10. The van der Waals surface area contributed by atoms with E-state index < -0.39 is 0 Å². The smallest absolute Gasteiger partial charge is 0.0726 e. The molecule has 0 aliphatic heterocycles. The van der Waals surface area contributed by atoms with Crippen molar-refractivity contribution in [1.82, 2.24) is 9.13 Å². The van der Waals surface area contributed by atoms with Gasteiger partial charge < -0.3 is 9.13 Å². The Hall–Kier alpha value is -6.64. The Morgan fingerprint density at radius 2 is 0.647 bits per heavy atom. The van der Waals surface area contributed by atoms with Crippen LogP contribution in [-0.2, 0) is 5.41 Å². The zero-order valence-electron chi connectivity index (χ0n) is 27.7. The molecule has 10 aromatic rings. The third-order valence-electron chi connectivity index (χ3n) is 11.7. The number of hydrogen-bond donors (Lipinski definition) is 0. The van der Waals surface area contributed by atoms with Crippen molar-refractivity contribution in [2.24, 2.45) is 0 Å². The van der Waals surface area contributed by atoms with Gasteiger partial charge in [0.1, 0.15) is 0 Å². The summed E-state index contributed by atoms with van der Waals surface area (Å²) >= 11 is 0. The average molecular weight is 647 g/mol. The fraction of sp³-hybridized carbons (Fsp3) is 0.0204. The van der Waals surface area contributed by atoms with Crippen LogP contribution in [0.25, 0.3) is 77.2 Å². The fourth-order valence-corrected chi connectivity index (χ4v) is 9.78. The lowest BCUT2D eigenvalue weighted by molar-refractivity contribution is 0.794. The zero-order valence-corrected chi connectivity index (χ0v) is 27.7. The number of hydrogen-bond acceptors (Lipinski definition) is 0. The van der Waals surface area contributed by atoms with Crippen molar-refractivity contribution in [1.29, 1.82) is 0 Å². The molecule has 0 radical (unpaired) electrons. The Bertz CT molecular complexity index is 2980. The van der Waals surface area contributed by atoms with Crippen LogP contribution in [0.3, 0.4) is 0 Å². The summed E-state index contributed by atoms with van der Waals surface area (Å²) in [4.78, 5) is 0. The molecule has 8 aromatic carbocycles. The van der Waals surface area contributed by atoms with Gasteiger partial charge in [-0.3, -0.25) is 0 Å². The predicted molar refractivity (Wildman–Crippen MR) is 211 cm³/mol. The maximum Gasteiger partial charge on any atom is 0.0726 e. The summed E-state index contributed by atoms with van der Waals surface area (Å²) in [7, 11) is 0. The van der Waals surface area contributed by atoms with E-state index in [-0.39, 0.29) is 5.41 Å². The molecular weight excluding hydrogens is 617 g/mol. The molecular formula is C49H30N2. The fourth-order valence-electron chi connectivity index (χ4n) is 9.78. The SMILES string of the molecule is c1ccc2c(c1)-c1ccccc1C21c2ccccc2-c2cc3c4ccccc4n(-c4ccc(-n5c6ccccc6c6ccccc65)cc4)c3cc21. The summed E-state index contributed by atoms with van der Waals surface area (Å²) in [5.41, 5.74) is 17.6. The van der Waals surface area contributed by atoms with Crippen molar-refractivity contribution >= 4 is 43.6 Å². The van der Waals surface area contributed by atoms with Crippen LogP contribution in [0.2, 0.25) is 0 Å². The lowest BCUT2D eigenvalue weighted by atomic mass is 9.70. The molecule has 2 aliphatic carbocycles. The minimum Gasteiger partial charge on any atom is -0.309 e. The van der Waals surface area contributed by atoms with E-state index in [0.717, 1.165) is 11.4 Å². The van der Waals surface area contributed by atoms with Crippen LogP contribution < -0.4 is 0 Å². The Morgan fingerprint density at radius 1 is 0.275 bits per heavy atom. The molecule has 2 heteroatoms. The van der Waals surface area contributed by atoms with Crippen LogP contribution in [0, 0.1) is 0 Å². The molecule has 236 valence electrons. The Kier molecular flexibility index (Phi) is 5.20. The largest absolute Gasteiger partial charge is 0.309 e. The van der Waals surface area contributed by atoms with Gasteiger partial charge in [0.05, 0.1) is 27.5 Å². The van der Waals surface area contributed by atoms with Gasteiger partial charge >= 0.3 is 0 Å². The van der Waals surface area contributed by atoms with Crippen molar-refractivity contribution < 1.29 is 0 Å². The molecule has 0 atom stereocenters. The molecule has 0 unspecified atom stereocenters. The number of benzene rings is 8. The summed E-state index contributed by atoms with van der Waals surface area (Å²) in [5.74, 6) is 0. The molecule has 2 aromatic heterocycles. The molecule has 0 saturated heterocycles. The van der Waals surface area contributed by atoms with Gasteiger partial charge in [0.2, 0.25) is 0 Å². The first-order valence-electron chi connectivity index (χ1n) is 17.8. The number of aromatic nitrogens is 2. The van der Waals surface area contributed by atoms with Crippen molar-refractivity contribution in [2.45, 2.75) is 5.41 Å². The molecule has 2 nitrogen and oxygen atoms in total. The number of fused-ring (bicyclic) bond motifs is 16. The molecule has 0 N–H and O–H groups in total. The van der Waals surface area contributed by atoms with E-state index in [1.54, 1.807) is 0 Å². The minimum absolute atomic E-state index is 0.380. The van der Waals surface area contributed by atoms with E-state index in [0.29, 0.717) is 0 Å². The molecule has 51 heavy (non-hydrogen) atoms. The van der Waals surface area contributed by atoms with Gasteiger partial charge in [-0.1, -0.05) is 127 Å². The monoisotopic (exact) mass is 646 g/mol. The molecule has 0 saturated carbocycles. The van der Waals surface area contributed by atoms with Gasteiger partial charge in [0.25, 0.3) is 0 Å². The topological polar surface area (TPSA) is 9.86 Å². The highest BCUT2D eigenvalue weighted by molar-refractivity contribution is 6.13. The Labute approximate surface area is 295 Å². The Balaban J connectivity index is 1.14. The van der Waals surface area contributed by atoms with Crippen LogP contribution in [0.15, 0.2) is 182 Å². The molecule has 12 rings (SSSR count). The Morgan fingerprint density at radius 3 is 1.14 bits per heavy atom. The second-order valence-electron chi connectivity index (χ2n) is 14.0. The number of para-hydroxylation sites is 3. The van der Waals surface area contributed by atoms with Crippen LogP contribution in [-0.4, -0.2) is 9.13 Å². The molecule has 2 aliphatic rings. The van der Waals surface area contributed by atoms with Gasteiger partial charge in [-0.15, -0.1) is 0 Å². The van der Waals surface area contributed by atoms with E-state index in [1.807, 2.05) is 0 Å². The zero-order chi connectivity index (χ0) is 33.3. The second-order valence-corrected chi connectivity index (χ2v) is 14.0. The van der Waals surface area contributed by atoms with E-state index in [2.05, 4.69) is 191 Å². The number of rotatable bonds is 2. The van der Waals surface area contributed by atoms with E-state index in [4.69, 9.17) is 0 Å². The first kappa shape index (κ1) is 27.2. The molecule has 1 spiro atoms. The van der Waals surface area contributed by atoms with Crippen molar-refractivity contribution in [3.63, 3.8) is 0 Å². The van der Waals surface area contributed by atoms with E-state index >= 15 is 0 Å². The van der Waals surface area contributed by atoms with Gasteiger partial charge in [-0.25, -0.2) is 0 Å². The van der Waals surface area contributed by atoms with E-state index in [1.165, 1.54) is 88.1 Å². The van der Waals surface area contributed by atoms with Crippen molar-refractivity contribution in [3.05, 3.63) is 204 Å². The van der Waals surface area contributed by atoms with Gasteiger partial charge in [-0.05, 0) is 99.1 Å². The van der Waals surface area contributed by atoms with Gasteiger partial charge in [0, 0.05) is 32.9 Å². The first-order valence-corrected chi connectivity index (χ1v) is 17.8. The third kappa shape index (κ3) is 3.32. The minimum atomic E-state index is -0.380. The van der Waals surface area contributed by atoms with Gasteiger partial charge in [-0.2, -0.15) is 0 Å². The summed E-state index contributed by atoms with van der Waals surface area (Å²) < 4.78 is 4.87. The second kappa shape index (κ2) is 9.74. The lowest BCUT2D eigenvalue weighted by Gasteiger charge is -2.30. The maximum atomic E-state index is 2.52. The normalized spacial score (nSPS) is 13.6. The van der Waals surface area contributed by atoms with Crippen LogP contribution in [0.4, 0.5) is 0 Å². The average Bonchev–Trinajstić information content (AvgIpc) is 3.89. The maximum absolute atomic E-state index is 2.52. The summed E-state index contributed by atoms with van der Waals surface area (Å²) in [6.07, 6.45) is 0. The standard InChI is InChI=1S/C49H30N2/c1-7-19-41-33(13-1)34-14-2-8-20-42(34)49(41)43-21-9-3-15-35(43)39-29-40-38-18-6-12-24-47(38)51(48(40)30-44(39)49)32-27-25-31(26-28-32)50-45-22-10-4-16-36(45)37-17-5-11-23-46(37)50/h1-30H. The van der Waals surface area contributed by atoms with Gasteiger partial charge in [0.15, 0.2) is 0 Å². The highest BCUT2D eigenvalue weighted by Gasteiger charge is 2.51. The van der Waals surface area contributed by atoms with Crippen LogP contribution >= 0.6 is 0 Å². The lowest BCUT2D eigenvalue weighted by Crippen LogP contribution is -2.25. The summed E-state index contributed by atoms with van der Waals surface area (Å²) in [6.45, 7) is 0. The molecule has 0 fully saturated rings. The molecule has 0 amide bonds. The highest BCUT2D eigenvalue weighted by Crippen LogP contribution is 2.63. The third-order valence-corrected chi connectivity index (χ3v) is 11.7. The van der Waals surface area contributed by atoms with E-state index in [9.17, 15) is 0 Å². The van der Waals surface area contributed by atoms with Crippen LogP contribution in [0.5, 0.6) is 0 Å². The number of nitrogens with zero attached hydrogens (tertiary/aromatic N) is 2. The van der Waals surface area contributed by atoms with Crippen LogP contribution in [0.1, 0.15) is 22.3 Å². The van der Waals surface area contributed by atoms with Crippen molar-refractivity contribution in [2.75, 3.05) is 0 Å². The molecule has 2 heterocycles. The molecule has 0 bridgehead atoms. The quantitative estimate of drug-likeness (QED) is 0.177. The van der Waals surface area contributed by atoms with Crippen molar-refractivity contribution in [3.8, 4) is 33.6 Å². The predicted octanol–water partition coefficient (Wildman–Crippen LogP) is 12.2. The highest BCUT2D eigenvalue weighted by atomic mass is 15.0.